The Morgan fingerprint density at radius 1 is 1.04 bits per heavy atom. The van der Waals surface area contributed by atoms with E-state index in [2.05, 4.69) is 26.4 Å². The fraction of sp³-hybridized carbons (Fsp3) is 0.136. The summed E-state index contributed by atoms with van der Waals surface area (Å²) in [5.41, 5.74) is 5.81. The molecule has 6 heteroatoms. The molecule has 138 valence electrons. The van der Waals surface area contributed by atoms with Gasteiger partial charge < -0.3 is 10.2 Å². The molecule has 28 heavy (non-hydrogen) atoms. The second-order valence-corrected chi connectivity index (χ2v) is 6.87. The van der Waals surface area contributed by atoms with Crippen molar-refractivity contribution in [2.24, 2.45) is 0 Å². The zero-order valence-electron chi connectivity index (χ0n) is 15.2. The second-order valence-electron chi connectivity index (χ2n) is 6.87. The quantitative estimate of drug-likeness (QED) is 0.600. The van der Waals surface area contributed by atoms with Gasteiger partial charge in [-0.15, -0.1) is 0 Å². The lowest BCUT2D eigenvalue weighted by Gasteiger charge is -2.30. The number of hydrogen-bond acceptors (Lipinski definition) is 4. The third-order valence-electron chi connectivity index (χ3n) is 5.09. The number of hydrogen-bond donors (Lipinski definition) is 1. The number of nitrogens with zero attached hydrogens (tertiary/aromatic N) is 4. The molecule has 1 amide bonds. The highest BCUT2D eigenvalue weighted by Crippen LogP contribution is 2.26. The maximum absolute atomic E-state index is 12.4. The molecule has 1 aliphatic rings. The van der Waals surface area contributed by atoms with Gasteiger partial charge in [0.25, 0.3) is 5.91 Å². The highest BCUT2D eigenvalue weighted by atomic mass is 16.1. The molecule has 0 saturated heterocycles. The average Bonchev–Trinajstić information content (AvgIpc) is 3.23. The van der Waals surface area contributed by atoms with Crippen LogP contribution in [-0.2, 0) is 13.0 Å². The zero-order valence-corrected chi connectivity index (χ0v) is 15.2. The number of fused-ring (bicyclic) bond motifs is 3. The maximum Gasteiger partial charge on any atom is 0.255 e. The van der Waals surface area contributed by atoms with Crippen molar-refractivity contribution in [1.29, 1.82) is 0 Å². The van der Waals surface area contributed by atoms with Crippen molar-refractivity contribution in [2.45, 2.75) is 13.0 Å². The first-order valence-electron chi connectivity index (χ1n) is 9.30. The Morgan fingerprint density at radius 3 is 2.82 bits per heavy atom. The van der Waals surface area contributed by atoms with Gasteiger partial charge in [-0.05, 0) is 30.3 Å². The van der Waals surface area contributed by atoms with Gasteiger partial charge in [0.05, 0.1) is 11.9 Å². The monoisotopic (exact) mass is 369 g/mol. The number of rotatable bonds is 3. The molecule has 0 saturated carbocycles. The summed E-state index contributed by atoms with van der Waals surface area (Å²) in [6, 6.07) is 19.1. The normalized spacial score (nSPS) is 13.4. The SMILES string of the molecule is O=C(Nc1cccc(N2CCc3c(cnc4ccnn34)C2)c1)c1ccccc1. The molecule has 0 unspecified atom stereocenters. The van der Waals surface area contributed by atoms with Gasteiger partial charge in [-0.25, -0.2) is 9.50 Å². The summed E-state index contributed by atoms with van der Waals surface area (Å²) in [5.74, 6) is -0.105. The molecule has 6 nitrogen and oxygen atoms in total. The predicted molar refractivity (Wildman–Crippen MR) is 109 cm³/mol. The number of benzene rings is 2. The summed E-state index contributed by atoms with van der Waals surface area (Å²) in [6.45, 7) is 1.66. The summed E-state index contributed by atoms with van der Waals surface area (Å²) < 4.78 is 1.93. The topological polar surface area (TPSA) is 62.5 Å². The van der Waals surface area contributed by atoms with Crippen LogP contribution in [-0.4, -0.2) is 27.0 Å². The van der Waals surface area contributed by atoms with E-state index >= 15 is 0 Å². The molecule has 2 aromatic carbocycles. The number of nitrogens with one attached hydrogen (secondary N) is 1. The van der Waals surface area contributed by atoms with Crippen molar-refractivity contribution in [2.75, 3.05) is 16.8 Å². The largest absolute Gasteiger partial charge is 0.367 e. The zero-order chi connectivity index (χ0) is 18.9. The predicted octanol–water partition coefficient (Wildman–Crippen LogP) is 3.54. The van der Waals surface area contributed by atoms with Gasteiger partial charge in [0.1, 0.15) is 0 Å². The van der Waals surface area contributed by atoms with Crippen LogP contribution in [0.4, 0.5) is 11.4 Å². The van der Waals surface area contributed by atoms with E-state index in [1.807, 2.05) is 65.3 Å². The van der Waals surface area contributed by atoms with Crippen LogP contribution < -0.4 is 10.2 Å². The molecule has 5 rings (SSSR count). The smallest absolute Gasteiger partial charge is 0.255 e. The summed E-state index contributed by atoms with van der Waals surface area (Å²) >= 11 is 0. The van der Waals surface area contributed by atoms with Crippen molar-refractivity contribution in [3.05, 3.63) is 89.9 Å². The van der Waals surface area contributed by atoms with E-state index in [0.717, 1.165) is 36.5 Å². The Bertz CT molecular complexity index is 1150. The van der Waals surface area contributed by atoms with Crippen LogP contribution in [0.25, 0.3) is 5.65 Å². The van der Waals surface area contributed by atoms with Gasteiger partial charge in [0.15, 0.2) is 5.65 Å². The number of carbonyl (C=O) groups is 1. The van der Waals surface area contributed by atoms with Crippen molar-refractivity contribution in [3.63, 3.8) is 0 Å². The number of aromatic nitrogens is 3. The molecule has 0 aliphatic carbocycles. The van der Waals surface area contributed by atoms with Crippen molar-refractivity contribution in [3.8, 4) is 0 Å². The second kappa shape index (κ2) is 6.81. The lowest BCUT2D eigenvalue weighted by molar-refractivity contribution is 0.102. The Hall–Kier alpha value is -3.67. The van der Waals surface area contributed by atoms with Crippen LogP contribution in [0, 0.1) is 0 Å². The lowest BCUT2D eigenvalue weighted by atomic mass is 10.1. The molecule has 0 spiro atoms. The standard InChI is InChI=1S/C22H19N5O/c28-22(16-5-2-1-3-6-16)25-18-7-4-8-19(13-18)26-12-10-20-17(15-26)14-23-21-9-11-24-27(20)21/h1-9,11,13-14H,10,12,15H2,(H,25,28). The maximum atomic E-state index is 12.4. The van der Waals surface area contributed by atoms with E-state index in [-0.39, 0.29) is 5.91 Å². The van der Waals surface area contributed by atoms with Crippen LogP contribution in [0.5, 0.6) is 0 Å². The number of carbonyl (C=O) groups excluding carboxylic acids is 1. The molecule has 0 atom stereocenters. The van der Waals surface area contributed by atoms with Crippen LogP contribution in [0.1, 0.15) is 21.6 Å². The van der Waals surface area contributed by atoms with E-state index in [4.69, 9.17) is 0 Å². The van der Waals surface area contributed by atoms with Crippen LogP contribution in [0.3, 0.4) is 0 Å². The summed E-state index contributed by atoms with van der Waals surface area (Å²) in [5, 5.41) is 7.38. The Labute approximate surface area is 162 Å². The van der Waals surface area contributed by atoms with Gasteiger partial charge in [0.2, 0.25) is 0 Å². The summed E-state index contributed by atoms with van der Waals surface area (Å²) in [4.78, 5) is 19.2. The minimum atomic E-state index is -0.105. The van der Waals surface area contributed by atoms with E-state index < -0.39 is 0 Å². The van der Waals surface area contributed by atoms with Crippen molar-refractivity contribution >= 4 is 22.9 Å². The summed E-state index contributed by atoms with van der Waals surface area (Å²) in [7, 11) is 0. The molecule has 4 aromatic rings. The lowest BCUT2D eigenvalue weighted by Crippen LogP contribution is -2.32. The van der Waals surface area contributed by atoms with Gasteiger partial charge in [-0.3, -0.25) is 4.79 Å². The van der Waals surface area contributed by atoms with E-state index in [0.29, 0.717) is 5.56 Å². The minimum absolute atomic E-state index is 0.105. The van der Waals surface area contributed by atoms with Gasteiger partial charge in [-0.1, -0.05) is 24.3 Å². The third kappa shape index (κ3) is 2.99. The van der Waals surface area contributed by atoms with E-state index in [9.17, 15) is 4.79 Å². The highest BCUT2D eigenvalue weighted by Gasteiger charge is 2.20. The molecule has 1 N–H and O–H groups in total. The van der Waals surface area contributed by atoms with E-state index in [1.165, 1.54) is 11.3 Å². The van der Waals surface area contributed by atoms with Gasteiger partial charge in [0, 0.05) is 54.3 Å². The average molecular weight is 369 g/mol. The fourth-order valence-corrected chi connectivity index (χ4v) is 3.67. The number of anilines is 2. The van der Waals surface area contributed by atoms with E-state index in [1.54, 1.807) is 6.20 Å². The first-order valence-corrected chi connectivity index (χ1v) is 9.30. The molecule has 0 fully saturated rings. The Morgan fingerprint density at radius 2 is 1.93 bits per heavy atom. The first kappa shape index (κ1) is 16.5. The van der Waals surface area contributed by atoms with Crippen LogP contribution >= 0.6 is 0 Å². The summed E-state index contributed by atoms with van der Waals surface area (Å²) in [6.07, 6.45) is 4.63. The fourth-order valence-electron chi connectivity index (χ4n) is 3.67. The molecule has 2 aromatic heterocycles. The molecule has 0 radical (unpaired) electrons. The minimum Gasteiger partial charge on any atom is -0.367 e. The molecular formula is C22H19N5O. The third-order valence-corrected chi connectivity index (χ3v) is 5.09. The highest BCUT2D eigenvalue weighted by molar-refractivity contribution is 6.04. The number of amides is 1. The van der Waals surface area contributed by atoms with Crippen molar-refractivity contribution in [1.82, 2.24) is 14.6 Å². The molecule has 0 bridgehead atoms. The molecule has 1 aliphatic heterocycles. The van der Waals surface area contributed by atoms with Crippen LogP contribution in [0.15, 0.2) is 73.1 Å². The van der Waals surface area contributed by atoms with Gasteiger partial charge >= 0.3 is 0 Å². The van der Waals surface area contributed by atoms with Gasteiger partial charge in [-0.2, -0.15) is 5.10 Å². The Balaban J connectivity index is 1.37. The van der Waals surface area contributed by atoms with Crippen molar-refractivity contribution < 1.29 is 4.79 Å². The molecule has 3 heterocycles. The molecular weight excluding hydrogens is 350 g/mol. The first-order chi connectivity index (χ1) is 13.8. The Kier molecular flexibility index (Phi) is 4.01. The van der Waals surface area contributed by atoms with Crippen LogP contribution in [0.2, 0.25) is 0 Å².